The highest BCUT2D eigenvalue weighted by Gasteiger charge is 2.33. The number of hydrogen-bond donors (Lipinski definition) is 1. The lowest BCUT2D eigenvalue weighted by Crippen LogP contribution is -2.39. The van der Waals surface area contributed by atoms with Crippen LogP contribution in [0.25, 0.3) is 0 Å². The van der Waals surface area contributed by atoms with Gasteiger partial charge < -0.3 is 19.9 Å². The molecule has 0 aliphatic carbocycles. The highest BCUT2D eigenvalue weighted by atomic mass is 19.4. The summed E-state index contributed by atoms with van der Waals surface area (Å²) in [6, 6.07) is 5.32. The monoisotopic (exact) mass is 343 g/mol. The highest BCUT2D eigenvalue weighted by molar-refractivity contribution is 5.66. The normalized spacial score (nSPS) is 22.2. The summed E-state index contributed by atoms with van der Waals surface area (Å²) in [5.74, 6) is -0.191. The van der Waals surface area contributed by atoms with E-state index in [-0.39, 0.29) is 5.75 Å². The lowest BCUT2D eigenvalue weighted by atomic mass is 10.2. The number of hydrogen-bond acceptors (Lipinski definition) is 4. The van der Waals surface area contributed by atoms with Crippen molar-refractivity contribution in [2.45, 2.75) is 38.1 Å². The zero-order valence-corrected chi connectivity index (χ0v) is 13.9. The molecule has 2 aliphatic rings. The summed E-state index contributed by atoms with van der Waals surface area (Å²) in [6.45, 7) is 4.30. The van der Waals surface area contributed by atoms with Gasteiger partial charge in [-0.2, -0.15) is 0 Å². The summed E-state index contributed by atoms with van der Waals surface area (Å²) in [5.41, 5.74) is 1.31. The van der Waals surface area contributed by atoms with Gasteiger partial charge in [0, 0.05) is 31.9 Å². The molecular weight excluding hydrogens is 319 g/mol. The van der Waals surface area contributed by atoms with Crippen molar-refractivity contribution < 1.29 is 17.9 Å². The number of nitrogens with one attached hydrogen (secondary N) is 1. The van der Waals surface area contributed by atoms with Gasteiger partial charge in [-0.3, -0.25) is 0 Å². The van der Waals surface area contributed by atoms with E-state index >= 15 is 0 Å². The molecule has 0 aromatic heterocycles. The first-order valence-corrected chi connectivity index (χ1v) is 8.53. The van der Waals surface area contributed by atoms with E-state index < -0.39 is 6.36 Å². The molecule has 7 heteroatoms. The zero-order chi connectivity index (χ0) is 17.2. The third-order valence-electron chi connectivity index (χ3n) is 4.83. The second kappa shape index (κ2) is 7.09. The first-order chi connectivity index (χ1) is 11.5. The Bertz CT molecular complexity index is 559. The van der Waals surface area contributed by atoms with Crippen LogP contribution >= 0.6 is 0 Å². The largest absolute Gasteiger partial charge is 0.573 e. The van der Waals surface area contributed by atoms with Crippen LogP contribution in [0.3, 0.4) is 0 Å². The van der Waals surface area contributed by atoms with Crippen LogP contribution in [0.15, 0.2) is 18.2 Å². The van der Waals surface area contributed by atoms with Gasteiger partial charge in [-0.1, -0.05) is 0 Å². The van der Waals surface area contributed by atoms with Gasteiger partial charge in [-0.25, -0.2) is 0 Å². The summed E-state index contributed by atoms with van der Waals surface area (Å²) < 4.78 is 41.5. The first kappa shape index (κ1) is 17.2. The molecule has 24 heavy (non-hydrogen) atoms. The maximum atomic E-state index is 12.5. The summed E-state index contributed by atoms with van der Waals surface area (Å²) in [5, 5.41) is 2.81. The molecule has 0 bridgehead atoms. The number of likely N-dealkylation sites (tertiary alicyclic amines) is 1. The molecule has 0 saturated carbocycles. The second-order valence-electron chi connectivity index (χ2n) is 6.48. The van der Waals surface area contributed by atoms with Crippen LogP contribution in [-0.2, 0) is 0 Å². The van der Waals surface area contributed by atoms with Crippen molar-refractivity contribution in [3.8, 4) is 5.75 Å². The van der Waals surface area contributed by atoms with Crippen molar-refractivity contribution in [2.75, 3.05) is 43.4 Å². The SMILES string of the molecule is CNc1cc(N2CCC[C@H]2CN2CCCC2)ccc1OC(F)(F)F. The zero-order valence-electron chi connectivity index (χ0n) is 13.9. The van der Waals surface area contributed by atoms with Crippen LogP contribution in [0.5, 0.6) is 5.75 Å². The van der Waals surface area contributed by atoms with Crippen LogP contribution in [0.1, 0.15) is 25.7 Å². The Labute approximate surface area is 140 Å². The third kappa shape index (κ3) is 4.06. The average Bonchev–Trinajstić information content (AvgIpc) is 3.18. The van der Waals surface area contributed by atoms with Crippen molar-refractivity contribution in [3.63, 3.8) is 0 Å². The van der Waals surface area contributed by atoms with E-state index in [1.165, 1.54) is 18.9 Å². The Morgan fingerprint density at radius 3 is 2.58 bits per heavy atom. The van der Waals surface area contributed by atoms with Gasteiger partial charge in [0.15, 0.2) is 5.75 Å². The summed E-state index contributed by atoms with van der Waals surface area (Å²) in [4.78, 5) is 4.81. The Morgan fingerprint density at radius 1 is 1.17 bits per heavy atom. The number of halogens is 3. The van der Waals surface area contributed by atoms with E-state index in [9.17, 15) is 13.2 Å². The van der Waals surface area contributed by atoms with Crippen LogP contribution in [-0.4, -0.2) is 50.5 Å². The molecule has 2 heterocycles. The smallest absolute Gasteiger partial charge is 0.404 e. The van der Waals surface area contributed by atoms with Crippen molar-refractivity contribution >= 4 is 11.4 Å². The Morgan fingerprint density at radius 2 is 1.92 bits per heavy atom. The number of nitrogens with zero attached hydrogens (tertiary/aromatic N) is 2. The number of anilines is 2. The first-order valence-electron chi connectivity index (χ1n) is 8.53. The van der Waals surface area contributed by atoms with E-state index in [1.54, 1.807) is 19.2 Å². The molecule has 2 saturated heterocycles. The second-order valence-corrected chi connectivity index (χ2v) is 6.48. The fraction of sp³-hybridized carbons (Fsp3) is 0.647. The van der Waals surface area contributed by atoms with E-state index in [2.05, 4.69) is 19.9 Å². The molecule has 1 aromatic carbocycles. The predicted octanol–water partition coefficient (Wildman–Crippen LogP) is 3.69. The molecule has 1 N–H and O–H groups in total. The highest BCUT2D eigenvalue weighted by Crippen LogP contribution is 2.35. The lowest BCUT2D eigenvalue weighted by molar-refractivity contribution is -0.274. The summed E-state index contributed by atoms with van der Waals surface area (Å²) >= 11 is 0. The number of ether oxygens (including phenoxy) is 1. The minimum absolute atomic E-state index is 0.191. The van der Waals surface area contributed by atoms with Gasteiger partial charge in [0.1, 0.15) is 0 Å². The number of alkyl halides is 3. The molecule has 2 fully saturated rings. The van der Waals surface area contributed by atoms with Crippen molar-refractivity contribution in [1.82, 2.24) is 4.90 Å². The fourth-order valence-electron chi connectivity index (χ4n) is 3.73. The quantitative estimate of drug-likeness (QED) is 0.882. The lowest BCUT2D eigenvalue weighted by Gasteiger charge is -2.30. The molecular formula is C17H24F3N3O. The number of benzene rings is 1. The molecule has 2 aliphatic heterocycles. The van der Waals surface area contributed by atoms with Gasteiger partial charge in [0.05, 0.1) is 5.69 Å². The standard InChI is InChI=1S/C17H24F3N3O/c1-21-15-11-13(6-7-16(15)24-17(18,19)20)23-10-4-5-14(23)12-22-8-2-3-9-22/h6-7,11,14,21H,2-5,8-10,12H2,1H3/t14-/m0/s1. The van der Waals surface area contributed by atoms with Gasteiger partial charge in [0.25, 0.3) is 0 Å². The van der Waals surface area contributed by atoms with Gasteiger partial charge in [-0.15, -0.1) is 13.2 Å². The Balaban J connectivity index is 1.75. The summed E-state index contributed by atoms with van der Waals surface area (Å²) in [7, 11) is 1.61. The van der Waals surface area contributed by atoms with Crippen LogP contribution in [0.4, 0.5) is 24.5 Å². The molecule has 1 aromatic rings. The Kier molecular flexibility index (Phi) is 5.08. The van der Waals surface area contributed by atoms with E-state index in [0.29, 0.717) is 11.7 Å². The van der Waals surface area contributed by atoms with E-state index in [4.69, 9.17) is 0 Å². The topological polar surface area (TPSA) is 27.7 Å². The van der Waals surface area contributed by atoms with E-state index in [1.807, 2.05) is 0 Å². The van der Waals surface area contributed by atoms with Gasteiger partial charge in [0.2, 0.25) is 0 Å². The number of rotatable bonds is 5. The van der Waals surface area contributed by atoms with Crippen molar-refractivity contribution in [2.24, 2.45) is 0 Å². The molecule has 0 radical (unpaired) electrons. The fourth-order valence-corrected chi connectivity index (χ4v) is 3.73. The minimum atomic E-state index is -4.68. The molecule has 0 amide bonds. The van der Waals surface area contributed by atoms with Gasteiger partial charge in [-0.05, 0) is 57.0 Å². The Hall–Kier alpha value is -1.63. The molecule has 1 atom stereocenters. The molecule has 3 rings (SSSR count). The van der Waals surface area contributed by atoms with Crippen molar-refractivity contribution in [1.29, 1.82) is 0 Å². The molecule has 4 nitrogen and oxygen atoms in total. The minimum Gasteiger partial charge on any atom is -0.404 e. The van der Waals surface area contributed by atoms with Crippen molar-refractivity contribution in [3.05, 3.63) is 18.2 Å². The third-order valence-corrected chi connectivity index (χ3v) is 4.83. The average molecular weight is 343 g/mol. The molecule has 0 spiro atoms. The van der Waals surface area contributed by atoms with E-state index in [0.717, 1.165) is 44.7 Å². The maximum Gasteiger partial charge on any atom is 0.573 e. The van der Waals surface area contributed by atoms with Crippen LogP contribution in [0.2, 0.25) is 0 Å². The van der Waals surface area contributed by atoms with Crippen LogP contribution < -0.4 is 15.0 Å². The molecule has 134 valence electrons. The summed E-state index contributed by atoms with van der Waals surface area (Å²) in [6.07, 6.45) is 0.0969. The maximum absolute atomic E-state index is 12.5. The molecule has 0 unspecified atom stereocenters. The van der Waals surface area contributed by atoms with Gasteiger partial charge >= 0.3 is 6.36 Å². The van der Waals surface area contributed by atoms with Crippen LogP contribution in [0, 0.1) is 0 Å². The predicted molar refractivity (Wildman–Crippen MR) is 88.7 cm³/mol.